The van der Waals surface area contributed by atoms with Crippen LogP contribution < -0.4 is 5.43 Å². The molecule has 2 rings (SSSR count). The van der Waals surface area contributed by atoms with E-state index >= 15 is 0 Å². The molecule has 0 aliphatic carbocycles. The quantitative estimate of drug-likeness (QED) is 0.609. The highest BCUT2D eigenvalue weighted by Crippen LogP contribution is 2.25. The molecule has 1 saturated heterocycles. The predicted molar refractivity (Wildman–Crippen MR) is 44.6 cm³/mol. The fourth-order valence-electron chi connectivity index (χ4n) is 1.71. The molecule has 0 aromatic carbocycles. The number of piperazine rings is 1. The lowest BCUT2D eigenvalue weighted by Gasteiger charge is -2.36. The third kappa shape index (κ3) is 1.52. The van der Waals surface area contributed by atoms with E-state index in [2.05, 4.69) is 10.5 Å². The zero-order valence-electron chi connectivity index (χ0n) is 7.67. The summed E-state index contributed by atoms with van der Waals surface area (Å²) in [5, 5.41) is 3.33. The summed E-state index contributed by atoms with van der Waals surface area (Å²) >= 11 is 0. The van der Waals surface area contributed by atoms with Crippen LogP contribution in [0.15, 0.2) is 5.10 Å². The fraction of sp³-hybridized carbons (Fsp3) is 0.857. The maximum absolute atomic E-state index is 12.4. The van der Waals surface area contributed by atoms with Crippen molar-refractivity contribution in [3.8, 4) is 0 Å². The number of alkyl halides is 3. The molecule has 0 radical (unpaired) electrons. The van der Waals surface area contributed by atoms with E-state index in [1.54, 1.807) is 0 Å². The van der Waals surface area contributed by atoms with Gasteiger partial charge in [0.05, 0.1) is 0 Å². The van der Waals surface area contributed by atoms with Crippen molar-refractivity contribution in [1.29, 1.82) is 0 Å². The van der Waals surface area contributed by atoms with Crippen LogP contribution in [-0.2, 0) is 0 Å². The summed E-state index contributed by atoms with van der Waals surface area (Å²) in [6.07, 6.45) is -4.68. The highest BCUT2D eigenvalue weighted by atomic mass is 19.4. The van der Waals surface area contributed by atoms with Gasteiger partial charge in [0.1, 0.15) is 6.17 Å². The number of rotatable bonds is 0. The number of nitrogens with one attached hydrogen (secondary N) is 1. The Morgan fingerprint density at radius 3 is 2.79 bits per heavy atom. The Labute approximate surface area is 79.3 Å². The molecule has 1 unspecified atom stereocenters. The largest absolute Gasteiger partial charge is 0.451 e. The molecule has 0 amide bonds. The molecule has 1 atom stereocenters. The van der Waals surface area contributed by atoms with Gasteiger partial charge in [-0.25, -0.2) is 0 Å². The van der Waals surface area contributed by atoms with Gasteiger partial charge in [-0.05, 0) is 7.05 Å². The van der Waals surface area contributed by atoms with Gasteiger partial charge in [0.2, 0.25) is 5.84 Å². The van der Waals surface area contributed by atoms with Crippen molar-refractivity contribution in [2.75, 3.05) is 26.7 Å². The number of amidine groups is 1. The van der Waals surface area contributed by atoms with Crippen LogP contribution in [0.2, 0.25) is 0 Å². The summed E-state index contributed by atoms with van der Waals surface area (Å²) in [6, 6.07) is 0. The minimum Gasteiger partial charge on any atom is -0.327 e. The summed E-state index contributed by atoms with van der Waals surface area (Å²) in [4.78, 5) is 3.25. The number of hydrazone groups is 1. The first-order valence-corrected chi connectivity index (χ1v) is 4.34. The maximum Gasteiger partial charge on any atom is 0.451 e. The van der Waals surface area contributed by atoms with Crippen molar-refractivity contribution in [1.82, 2.24) is 15.2 Å². The van der Waals surface area contributed by atoms with Crippen LogP contribution in [0.5, 0.6) is 0 Å². The molecule has 2 heterocycles. The first-order chi connectivity index (χ1) is 6.48. The fourth-order valence-corrected chi connectivity index (χ4v) is 1.71. The second kappa shape index (κ2) is 3.01. The molecule has 0 bridgehead atoms. The van der Waals surface area contributed by atoms with Gasteiger partial charge in [0.15, 0.2) is 0 Å². The molecule has 0 aromatic rings. The average Bonchev–Trinajstić information content (AvgIpc) is 2.45. The number of nitrogens with zero attached hydrogens (tertiary/aromatic N) is 3. The summed E-state index contributed by atoms with van der Waals surface area (Å²) in [7, 11) is 1.88. The molecule has 80 valence electrons. The summed E-state index contributed by atoms with van der Waals surface area (Å²) < 4.78 is 37.2. The van der Waals surface area contributed by atoms with Crippen molar-refractivity contribution in [3.05, 3.63) is 0 Å². The standard InChI is InChI=1S/C7H11F3N4/c1-13-2-3-14-5(4-13)11-12-6(14)7(8,9)10/h5,11H,2-4H2,1H3. The molecule has 0 aromatic heterocycles. The zero-order chi connectivity index (χ0) is 10.3. The summed E-state index contributed by atoms with van der Waals surface area (Å²) in [5.41, 5.74) is 2.50. The van der Waals surface area contributed by atoms with E-state index in [1.165, 1.54) is 4.90 Å². The van der Waals surface area contributed by atoms with Gasteiger partial charge < -0.3 is 9.80 Å². The van der Waals surface area contributed by atoms with E-state index < -0.39 is 12.0 Å². The van der Waals surface area contributed by atoms with E-state index in [9.17, 15) is 13.2 Å². The lowest BCUT2D eigenvalue weighted by atomic mass is 10.3. The Bertz CT molecular complexity index is 262. The van der Waals surface area contributed by atoms with Crippen molar-refractivity contribution in [3.63, 3.8) is 0 Å². The average molecular weight is 208 g/mol. The molecule has 2 aliphatic heterocycles. The smallest absolute Gasteiger partial charge is 0.327 e. The number of hydrogen-bond acceptors (Lipinski definition) is 4. The molecular formula is C7H11F3N4. The summed E-state index contributed by atoms with van der Waals surface area (Å²) in [5.74, 6) is -0.796. The lowest BCUT2D eigenvalue weighted by Crippen LogP contribution is -2.56. The van der Waals surface area contributed by atoms with Crippen molar-refractivity contribution in [2.24, 2.45) is 5.10 Å². The Kier molecular flexibility index (Phi) is 2.06. The normalized spacial score (nSPS) is 28.4. The Morgan fingerprint density at radius 1 is 1.43 bits per heavy atom. The van der Waals surface area contributed by atoms with Gasteiger partial charge in [-0.1, -0.05) is 0 Å². The minimum atomic E-state index is -4.35. The molecule has 14 heavy (non-hydrogen) atoms. The van der Waals surface area contributed by atoms with Crippen LogP contribution in [-0.4, -0.2) is 54.7 Å². The highest BCUT2D eigenvalue weighted by molar-refractivity contribution is 5.88. The Balaban J connectivity index is 2.11. The predicted octanol–water partition coefficient (Wildman–Crippen LogP) is 0.0389. The van der Waals surface area contributed by atoms with Gasteiger partial charge in [-0.3, -0.25) is 5.43 Å². The molecule has 7 heteroatoms. The first kappa shape index (κ1) is 9.57. The SMILES string of the molecule is CN1CCN2C(C(F)(F)F)=NNC2C1. The van der Waals surface area contributed by atoms with Crippen LogP contribution in [0, 0.1) is 0 Å². The molecule has 0 saturated carbocycles. The van der Waals surface area contributed by atoms with Crippen LogP contribution in [0.1, 0.15) is 0 Å². The summed E-state index contributed by atoms with van der Waals surface area (Å²) in [6.45, 7) is 1.56. The van der Waals surface area contributed by atoms with Gasteiger partial charge in [-0.15, -0.1) is 0 Å². The van der Waals surface area contributed by atoms with Gasteiger partial charge >= 0.3 is 6.18 Å². The first-order valence-electron chi connectivity index (χ1n) is 4.34. The number of halogens is 3. The molecular weight excluding hydrogens is 197 g/mol. The third-order valence-electron chi connectivity index (χ3n) is 2.43. The zero-order valence-corrected chi connectivity index (χ0v) is 7.67. The Morgan fingerprint density at radius 2 is 2.14 bits per heavy atom. The number of fused-ring (bicyclic) bond motifs is 1. The van der Waals surface area contributed by atoms with Crippen molar-refractivity contribution in [2.45, 2.75) is 12.3 Å². The van der Waals surface area contributed by atoms with E-state index in [1.807, 2.05) is 11.9 Å². The van der Waals surface area contributed by atoms with E-state index in [-0.39, 0.29) is 6.17 Å². The van der Waals surface area contributed by atoms with E-state index in [0.29, 0.717) is 19.6 Å². The number of hydrogen-bond donors (Lipinski definition) is 1. The topological polar surface area (TPSA) is 30.9 Å². The van der Waals surface area contributed by atoms with Crippen LogP contribution in [0.4, 0.5) is 13.2 Å². The minimum absolute atomic E-state index is 0.328. The maximum atomic E-state index is 12.4. The molecule has 4 nitrogen and oxygen atoms in total. The Hall–Kier alpha value is -0.980. The third-order valence-corrected chi connectivity index (χ3v) is 2.43. The molecule has 1 N–H and O–H groups in total. The molecule has 1 fully saturated rings. The van der Waals surface area contributed by atoms with Crippen LogP contribution in [0.3, 0.4) is 0 Å². The molecule has 2 aliphatic rings. The van der Waals surface area contributed by atoms with Gasteiger partial charge in [-0.2, -0.15) is 18.3 Å². The monoisotopic (exact) mass is 208 g/mol. The van der Waals surface area contributed by atoms with Crippen LogP contribution in [0.25, 0.3) is 0 Å². The van der Waals surface area contributed by atoms with Crippen molar-refractivity contribution >= 4 is 5.84 Å². The molecule has 0 spiro atoms. The highest BCUT2D eigenvalue weighted by Gasteiger charge is 2.46. The lowest BCUT2D eigenvalue weighted by molar-refractivity contribution is -0.0705. The second-order valence-corrected chi connectivity index (χ2v) is 3.53. The van der Waals surface area contributed by atoms with E-state index in [4.69, 9.17) is 0 Å². The van der Waals surface area contributed by atoms with Gasteiger partial charge in [0, 0.05) is 19.6 Å². The van der Waals surface area contributed by atoms with Crippen molar-refractivity contribution < 1.29 is 13.2 Å². The second-order valence-electron chi connectivity index (χ2n) is 3.53. The number of likely N-dealkylation sites (N-methyl/N-ethyl adjacent to an activating group) is 1. The van der Waals surface area contributed by atoms with E-state index in [0.717, 1.165) is 0 Å². The van der Waals surface area contributed by atoms with Crippen LogP contribution >= 0.6 is 0 Å². The van der Waals surface area contributed by atoms with Gasteiger partial charge in [0.25, 0.3) is 0 Å².